The van der Waals surface area contributed by atoms with Gasteiger partial charge in [-0.3, -0.25) is 4.99 Å². The van der Waals surface area contributed by atoms with E-state index in [1.807, 2.05) is 25.8 Å². The van der Waals surface area contributed by atoms with E-state index in [9.17, 15) is 0 Å². The van der Waals surface area contributed by atoms with Crippen LogP contribution in [-0.4, -0.2) is 52.8 Å². The quantitative estimate of drug-likeness (QED) is 0.405. The molecule has 6 nitrogen and oxygen atoms in total. The number of nitrogens with zero attached hydrogens (tertiary/aromatic N) is 4. The van der Waals surface area contributed by atoms with Gasteiger partial charge < -0.3 is 19.5 Å². The molecule has 3 saturated heterocycles. The zero-order valence-electron chi connectivity index (χ0n) is 16.2. The van der Waals surface area contributed by atoms with Crippen LogP contribution >= 0.6 is 24.0 Å². The molecule has 0 radical (unpaired) electrons. The first-order chi connectivity index (χ1) is 13.3. The van der Waals surface area contributed by atoms with Gasteiger partial charge in [0.25, 0.3) is 0 Å². The van der Waals surface area contributed by atoms with Gasteiger partial charge in [-0.25, -0.2) is 4.98 Å². The van der Waals surface area contributed by atoms with Crippen LogP contribution in [0.3, 0.4) is 0 Å². The maximum Gasteiger partial charge on any atom is 0.193 e. The maximum absolute atomic E-state index is 6.09. The fourth-order valence-corrected chi connectivity index (χ4v) is 5.08. The molecule has 1 N–H and O–H groups in total. The number of rotatable bonds is 4. The topological polar surface area (TPSA) is 54.7 Å². The lowest BCUT2D eigenvalue weighted by molar-refractivity contribution is 0.0767. The van der Waals surface area contributed by atoms with Crippen molar-refractivity contribution in [2.24, 2.45) is 16.8 Å². The molecule has 4 unspecified atom stereocenters. The standard InChI is InChI=1S/C21H27N5O.HI/c1-22-21(26-12-17-18(13-26)20-6-5-19(17)27-20)24-10-15-3-2-4-16(9-15)11-25-8-7-23-14-25;/h2-4,7-9,14,17-20H,5-6,10-13H2,1H3,(H,22,24);1H. The van der Waals surface area contributed by atoms with Crippen molar-refractivity contribution in [3.05, 3.63) is 54.1 Å². The van der Waals surface area contributed by atoms with Crippen LogP contribution in [0.5, 0.6) is 0 Å². The molecule has 1 aromatic heterocycles. The van der Waals surface area contributed by atoms with E-state index < -0.39 is 0 Å². The third-order valence-electron chi connectivity index (χ3n) is 6.33. The summed E-state index contributed by atoms with van der Waals surface area (Å²) >= 11 is 0. The predicted molar refractivity (Wildman–Crippen MR) is 120 cm³/mol. The summed E-state index contributed by atoms with van der Waals surface area (Å²) in [7, 11) is 1.89. The first-order valence-corrected chi connectivity index (χ1v) is 9.95. The highest BCUT2D eigenvalue weighted by molar-refractivity contribution is 14.0. The van der Waals surface area contributed by atoms with E-state index in [0.29, 0.717) is 24.0 Å². The fraction of sp³-hybridized carbons (Fsp3) is 0.524. The molecule has 2 bridgehead atoms. The van der Waals surface area contributed by atoms with E-state index in [2.05, 4.69) is 49.0 Å². The summed E-state index contributed by atoms with van der Waals surface area (Å²) in [6.07, 6.45) is 9.14. The van der Waals surface area contributed by atoms with Crippen LogP contribution in [0.25, 0.3) is 0 Å². The highest BCUT2D eigenvalue weighted by Gasteiger charge is 2.53. The van der Waals surface area contributed by atoms with Crippen molar-refractivity contribution in [3.63, 3.8) is 0 Å². The number of likely N-dealkylation sites (tertiary alicyclic amines) is 1. The number of fused-ring (bicyclic) bond motifs is 5. The van der Waals surface area contributed by atoms with E-state index >= 15 is 0 Å². The molecule has 3 aliphatic heterocycles. The Labute approximate surface area is 183 Å². The van der Waals surface area contributed by atoms with Gasteiger partial charge in [0.1, 0.15) is 0 Å². The van der Waals surface area contributed by atoms with Gasteiger partial charge in [-0.05, 0) is 24.0 Å². The van der Waals surface area contributed by atoms with Gasteiger partial charge in [-0.1, -0.05) is 24.3 Å². The highest BCUT2D eigenvalue weighted by Crippen LogP contribution is 2.47. The largest absolute Gasteiger partial charge is 0.374 e. The number of benzene rings is 1. The minimum atomic E-state index is 0. The molecule has 4 heterocycles. The van der Waals surface area contributed by atoms with Crippen LogP contribution in [0.1, 0.15) is 24.0 Å². The number of guanidine groups is 1. The van der Waals surface area contributed by atoms with Gasteiger partial charge in [0.15, 0.2) is 5.96 Å². The Morgan fingerprint density at radius 1 is 1.21 bits per heavy atom. The molecule has 3 aliphatic rings. The Bertz CT molecular complexity index is 806. The number of aromatic nitrogens is 2. The number of nitrogens with one attached hydrogen (secondary N) is 1. The van der Waals surface area contributed by atoms with E-state index in [-0.39, 0.29) is 24.0 Å². The van der Waals surface area contributed by atoms with Crippen LogP contribution in [0.2, 0.25) is 0 Å². The molecule has 0 spiro atoms. The van der Waals surface area contributed by atoms with Crippen molar-refractivity contribution < 1.29 is 4.74 Å². The van der Waals surface area contributed by atoms with Crippen molar-refractivity contribution in [2.45, 2.75) is 38.1 Å². The van der Waals surface area contributed by atoms with E-state index in [4.69, 9.17) is 4.74 Å². The normalized spacial score (nSPS) is 28.3. The first kappa shape index (κ1) is 19.7. The second-order valence-corrected chi connectivity index (χ2v) is 7.98. The minimum absolute atomic E-state index is 0. The zero-order chi connectivity index (χ0) is 18.2. The number of halogens is 1. The summed E-state index contributed by atoms with van der Waals surface area (Å²) in [5.41, 5.74) is 2.56. The van der Waals surface area contributed by atoms with Crippen LogP contribution in [0, 0.1) is 11.8 Å². The SMILES string of the molecule is CN=C(NCc1cccc(Cn2ccnc2)c1)N1CC2C3CCC(O3)C2C1.I. The molecule has 0 amide bonds. The van der Waals surface area contributed by atoms with Gasteiger partial charge in [0.05, 0.1) is 18.5 Å². The number of aliphatic imine (C=N–C) groups is 1. The van der Waals surface area contributed by atoms with E-state index in [0.717, 1.165) is 32.1 Å². The molecular weight excluding hydrogens is 465 g/mol. The summed E-state index contributed by atoms with van der Waals surface area (Å²) in [4.78, 5) is 11.1. The van der Waals surface area contributed by atoms with Gasteiger partial charge in [-0.15, -0.1) is 24.0 Å². The predicted octanol–water partition coefficient (Wildman–Crippen LogP) is 2.73. The molecule has 5 rings (SSSR count). The number of ether oxygens (including phenoxy) is 1. The Morgan fingerprint density at radius 2 is 1.96 bits per heavy atom. The van der Waals surface area contributed by atoms with Crippen LogP contribution in [-0.2, 0) is 17.8 Å². The lowest BCUT2D eigenvalue weighted by Crippen LogP contribution is -2.41. The summed E-state index contributed by atoms with van der Waals surface area (Å²) in [6.45, 7) is 3.79. The Morgan fingerprint density at radius 3 is 2.64 bits per heavy atom. The number of imidazole rings is 1. The second-order valence-electron chi connectivity index (χ2n) is 7.98. The number of hydrogen-bond acceptors (Lipinski definition) is 3. The van der Waals surface area contributed by atoms with Crippen LogP contribution in [0.15, 0.2) is 48.0 Å². The molecule has 0 aliphatic carbocycles. The average molecular weight is 493 g/mol. The molecule has 4 atom stereocenters. The lowest BCUT2D eigenvalue weighted by atomic mass is 9.82. The third kappa shape index (κ3) is 3.78. The maximum atomic E-state index is 6.09. The average Bonchev–Trinajstić information content (AvgIpc) is 3.45. The Kier molecular flexibility index (Phi) is 5.91. The van der Waals surface area contributed by atoms with Crippen molar-refractivity contribution in [2.75, 3.05) is 20.1 Å². The van der Waals surface area contributed by atoms with Crippen LogP contribution in [0.4, 0.5) is 0 Å². The van der Waals surface area contributed by atoms with Crippen molar-refractivity contribution in [1.82, 2.24) is 19.8 Å². The molecule has 0 saturated carbocycles. The monoisotopic (exact) mass is 493 g/mol. The first-order valence-electron chi connectivity index (χ1n) is 9.95. The zero-order valence-corrected chi connectivity index (χ0v) is 18.5. The molecule has 2 aromatic rings. The highest BCUT2D eigenvalue weighted by atomic mass is 127. The van der Waals surface area contributed by atoms with Crippen molar-refractivity contribution in [1.29, 1.82) is 0 Å². The molecule has 28 heavy (non-hydrogen) atoms. The Balaban J connectivity index is 0.00000192. The number of hydrogen-bond donors (Lipinski definition) is 1. The minimum Gasteiger partial charge on any atom is -0.374 e. The van der Waals surface area contributed by atoms with Gasteiger partial charge in [0, 0.05) is 57.5 Å². The summed E-state index contributed by atoms with van der Waals surface area (Å²) in [5.74, 6) is 2.41. The Hall–Kier alpha value is -1.61. The smallest absolute Gasteiger partial charge is 0.193 e. The van der Waals surface area contributed by atoms with Crippen molar-refractivity contribution in [3.8, 4) is 0 Å². The van der Waals surface area contributed by atoms with Gasteiger partial charge in [-0.2, -0.15) is 0 Å². The molecule has 1 aromatic carbocycles. The fourth-order valence-electron chi connectivity index (χ4n) is 5.08. The van der Waals surface area contributed by atoms with E-state index in [1.165, 1.54) is 24.0 Å². The van der Waals surface area contributed by atoms with E-state index in [1.54, 1.807) is 0 Å². The third-order valence-corrected chi connectivity index (χ3v) is 6.33. The molecule has 7 heteroatoms. The second kappa shape index (κ2) is 8.41. The van der Waals surface area contributed by atoms with Gasteiger partial charge >= 0.3 is 0 Å². The summed E-state index contributed by atoms with van der Waals surface area (Å²) < 4.78 is 8.18. The molecular formula is C21H28IN5O. The molecule has 3 fully saturated rings. The molecule has 150 valence electrons. The summed E-state index contributed by atoms with van der Waals surface area (Å²) in [6, 6.07) is 8.72. The van der Waals surface area contributed by atoms with Gasteiger partial charge in [0.2, 0.25) is 0 Å². The van der Waals surface area contributed by atoms with Crippen molar-refractivity contribution >= 4 is 29.9 Å². The lowest BCUT2D eigenvalue weighted by Gasteiger charge is -2.23. The van der Waals surface area contributed by atoms with Crippen LogP contribution < -0.4 is 5.32 Å². The summed E-state index contributed by atoms with van der Waals surface area (Å²) in [5, 5.41) is 3.57.